The first-order chi connectivity index (χ1) is 10.1. The molecule has 1 atom stereocenters. The number of piperazine rings is 1. The van der Waals surface area contributed by atoms with E-state index in [0.717, 1.165) is 37.4 Å². The van der Waals surface area contributed by atoms with Gasteiger partial charge in [0.05, 0.1) is 12.6 Å². The Bertz CT molecular complexity index is 521. The van der Waals surface area contributed by atoms with E-state index in [2.05, 4.69) is 10.2 Å². The van der Waals surface area contributed by atoms with Gasteiger partial charge in [0.2, 0.25) is 5.91 Å². The van der Waals surface area contributed by atoms with Crippen molar-refractivity contribution in [3.63, 3.8) is 0 Å². The van der Waals surface area contributed by atoms with Crippen LogP contribution in [0, 0.1) is 0 Å². The average molecular weight is 307 g/mol. The number of rotatable bonds is 6. The largest absolute Gasteiger partial charge is 0.494 e. The number of carbonyl (C=O) groups excluding carboxylic acids is 1. The Hall–Kier alpha value is -1.66. The van der Waals surface area contributed by atoms with E-state index in [4.69, 9.17) is 22.7 Å². The van der Waals surface area contributed by atoms with Gasteiger partial charge in [0, 0.05) is 25.2 Å². The molecule has 1 unspecified atom stereocenters. The van der Waals surface area contributed by atoms with Gasteiger partial charge in [-0.3, -0.25) is 9.69 Å². The molecule has 0 spiro atoms. The molecule has 1 saturated heterocycles. The van der Waals surface area contributed by atoms with Crippen LogP contribution in [0.2, 0.25) is 0 Å². The number of benzene rings is 1. The normalized spacial score (nSPS) is 19.1. The Morgan fingerprint density at radius 2 is 2.38 bits per heavy atom. The van der Waals surface area contributed by atoms with Crippen LogP contribution >= 0.6 is 12.2 Å². The molecule has 0 aliphatic carbocycles. The maximum Gasteiger partial charge on any atom is 0.237 e. The van der Waals surface area contributed by atoms with Gasteiger partial charge in [-0.25, -0.2) is 0 Å². The van der Waals surface area contributed by atoms with Crippen LogP contribution in [0.15, 0.2) is 24.3 Å². The number of hydrogen-bond acceptors (Lipinski definition) is 4. The molecular formula is C15H21N3O2S. The van der Waals surface area contributed by atoms with E-state index in [-0.39, 0.29) is 11.9 Å². The predicted octanol–water partition coefficient (Wildman–Crippen LogP) is 0.910. The van der Waals surface area contributed by atoms with E-state index in [1.165, 1.54) is 0 Å². The molecule has 0 radical (unpaired) electrons. The monoisotopic (exact) mass is 307 g/mol. The number of nitrogens with two attached hydrogens (primary N) is 1. The number of hydrogen-bond donors (Lipinski definition) is 2. The molecular weight excluding hydrogens is 286 g/mol. The molecule has 6 heteroatoms. The second-order valence-electron chi connectivity index (χ2n) is 5.10. The molecule has 1 aromatic carbocycles. The van der Waals surface area contributed by atoms with Crippen molar-refractivity contribution in [3.05, 3.63) is 29.8 Å². The summed E-state index contributed by atoms with van der Waals surface area (Å²) in [6.07, 6.45) is 0.870. The molecule has 114 valence electrons. The summed E-state index contributed by atoms with van der Waals surface area (Å²) in [5.41, 5.74) is 6.40. The quantitative estimate of drug-likeness (QED) is 0.604. The van der Waals surface area contributed by atoms with Crippen molar-refractivity contribution in [1.82, 2.24) is 10.2 Å². The topological polar surface area (TPSA) is 67.6 Å². The fourth-order valence-corrected chi connectivity index (χ4v) is 2.46. The molecule has 5 nitrogen and oxygen atoms in total. The van der Waals surface area contributed by atoms with Crippen molar-refractivity contribution in [3.8, 4) is 5.75 Å². The molecule has 1 aromatic rings. The highest BCUT2D eigenvalue weighted by molar-refractivity contribution is 7.80. The fraction of sp³-hybridized carbons (Fsp3) is 0.467. The van der Waals surface area contributed by atoms with Crippen LogP contribution in [0.5, 0.6) is 5.75 Å². The van der Waals surface area contributed by atoms with Crippen LogP contribution < -0.4 is 15.8 Å². The van der Waals surface area contributed by atoms with E-state index in [9.17, 15) is 4.79 Å². The van der Waals surface area contributed by atoms with Crippen molar-refractivity contribution in [2.75, 3.05) is 26.2 Å². The zero-order valence-electron chi connectivity index (χ0n) is 12.2. The Balaban J connectivity index is 1.76. The minimum Gasteiger partial charge on any atom is -0.494 e. The van der Waals surface area contributed by atoms with E-state index in [1.54, 1.807) is 0 Å². The molecule has 1 amide bonds. The zero-order valence-corrected chi connectivity index (χ0v) is 13.0. The first-order valence-corrected chi connectivity index (χ1v) is 7.53. The third-order valence-electron chi connectivity index (χ3n) is 3.60. The minimum atomic E-state index is -0.0586. The van der Waals surface area contributed by atoms with Crippen LogP contribution in [0.3, 0.4) is 0 Å². The van der Waals surface area contributed by atoms with Crippen LogP contribution in [-0.2, 0) is 4.79 Å². The summed E-state index contributed by atoms with van der Waals surface area (Å²) in [6, 6.07) is 7.42. The van der Waals surface area contributed by atoms with Gasteiger partial charge in [0.1, 0.15) is 10.7 Å². The SMILES string of the molecule is CC1C(=O)NCCN1CCCOc1cccc(C(N)=S)c1. The van der Waals surface area contributed by atoms with Gasteiger partial charge in [-0.1, -0.05) is 24.4 Å². The van der Waals surface area contributed by atoms with E-state index < -0.39 is 0 Å². The standard InChI is InChI=1S/C15H21N3O2S/c1-11-15(19)17-6-8-18(11)7-3-9-20-13-5-2-4-12(10-13)14(16)21/h2,4-5,10-11H,3,6-9H2,1H3,(H2,16,21)(H,17,19). The Morgan fingerprint density at radius 3 is 3.14 bits per heavy atom. The molecule has 21 heavy (non-hydrogen) atoms. The molecule has 0 aromatic heterocycles. The maximum atomic E-state index is 11.6. The Morgan fingerprint density at radius 1 is 1.57 bits per heavy atom. The lowest BCUT2D eigenvalue weighted by molar-refractivity contribution is -0.128. The van der Waals surface area contributed by atoms with Crippen molar-refractivity contribution < 1.29 is 9.53 Å². The molecule has 0 saturated carbocycles. The van der Waals surface area contributed by atoms with Crippen molar-refractivity contribution in [1.29, 1.82) is 0 Å². The van der Waals surface area contributed by atoms with Gasteiger partial charge in [-0.05, 0) is 25.5 Å². The van der Waals surface area contributed by atoms with Crippen molar-refractivity contribution >= 4 is 23.1 Å². The van der Waals surface area contributed by atoms with Crippen molar-refractivity contribution in [2.24, 2.45) is 5.73 Å². The highest BCUT2D eigenvalue weighted by atomic mass is 32.1. The Labute approximate surface area is 130 Å². The highest BCUT2D eigenvalue weighted by Crippen LogP contribution is 2.14. The zero-order chi connectivity index (χ0) is 15.2. The van der Waals surface area contributed by atoms with Crippen LogP contribution in [0.25, 0.3) is 0 Å². The molecule has 2 rings (SSSR count). The van der Waals surface area contributed by atoms with Crippen LogP contribution in [0.1, 0.15) is 18.9 Å². The Kier molecular flexibility index (Phi) is 5.52. The average Bonchev–Trinajstić information content (AvgIpc) is 2.48. The second kappa shape index (κ2) is 7.38. The predicted molar refractivity (Wildman–Crippen MR) is 86.5 cm³/mol. The molecule has 1 aliphatic rings. The lowest BCUT2D eigenvalue weighted by Crippen LogP contribution is -2.54. The summed E-state index contributed by atoms with van der Waals surface area (Å²) in [6.45, 7) is 5.00. The van der Waals surface area contributed by atoms with E-state index >= 15 is 0 Å². The van der Waals surface area contributed by atoms with Gasteiger partial charge < -0.3 is 15.8 Å². The third kappa shape index (κ3) is 4.41. The van der Waals surface area contributed by atoms with E-state index in [0.29, 0.717) is 11.6 Å². The van der Waals surface area contributed by atoms with Gasteiger partial charge in [0.25, 0.3) is 0 Å². The lowest BCUT2D eigenvalue weighted by Gasteiger charge is -2.32. The van der Waals surface area contributed by atoms with Crippen molar-refractivity contribution in [2.45, 2.75) is 19.4 Å². The van der Waals surface area contributed by atoms with Gasteiger partial charge in [0.15, 0.2) is 0 Å². The summed E-state index contributed by atoms with van der Waals surface area (Å²) >= 11 is 4.94. The van der Waals surface area contributed by atoms with E-state index in [1.807, 2.05) is 31.2 Å². The first kappa shape index (κ1) is 15.7. The lowest BCUT2D eigenvalue weighted by atomic mass is 10.2. The highest BCUT2D eigenvalue weighted by Gasteiger charge is 2.24. The summed E-state index contributed by atoms with van der Waals surface area (Å²) in [7, 11) is 0. The molecule has 1 aliphatic heterocycles. The summed E-state index contributed by atoms with van der Waals surface area (Å²) in [4.78, 5) is 14.1. The number of thiocarbonyl (C=S) groups is 1. The summed E-state index contributed by atoms with van der Waals surface area (Å²) in [5, 5.41) is 2.86. The molecule has 1 heterocycles. The fourth-order valence-electron chi connectivity index (χ4n) is 2.33. The smallest absolute Gasteiger partial charge is 0.237 e. The van der Waals surface area contributed by atoms with Crippen LogP contribution in [0.4, 0.5) is 0 Å². The number of carbonyl (C=O) groups is 1. The number of nitrogens with zero attached hydrogens (tertiary/aromatic N) is 1. The number of nitrogens with one attached hydrogen (secondary N) is 1. The molecule has 3 N–H and O–H groups in total. The van der Waals surface area contributed by atoms with Gasteiger partial charge in [-0.2, -0.15) is 0 Å². The first-order valence-electron chi connectivity index (χ1n) is 7.12. The minimum absolute atomic E-state index is 0.0586. The van der Waals surface area contributed by atoms with Crippen LogP contribution in [-0.4, -0.2) is 48.1 Å². The molecule has 1 fully saturated rings. The summed E-state index contributed by atoms with van der Waals surface area (Å²) < 4.78 is 5.71. The van der Waals surface area contributed by atoms with Gasteiger partial charge in [-0.15, -0.1) is 0 Å². The summed E-state index contributed by atoms with van der Waals surface area (Å²) in [5.74, 6) is 0.871. The van der Waals surface area contributed by atoms with Gasteiger partial charge >= 0.3 is 0 Å². The molecule has 0 bridgehead atoms. The number of amides is 1. The second-order valence-corrected chi connectivity index (χ2v) is 5.54. The number of ether oxygens (including phenoxy) is 1. The maximum absolute atomic E-state index is 11.6. The third-order valence-corrected chi connectivity index (χ3v) is 3.84.